The van der Waals surface area contributed by atoms with Gasteiger partial charge in [-0.3, -0.25) is 10.2 Å². The number of ether oxygens (including phenoxy) is 1. The summed E-state index contributed by atoms with van der Waals surface area (Å²) in [7, 11) is 1.61. The highest BCUT2D eigenvalue weighted by Gasteiger charge is 2.09. The van der Waals surface area contributed by atoms with Crippen LogP contribution in [0.5, 0.6) is 5.75 Å². The normalized spacial score (nSPS) is 10.0. The molecule has 0 bridgehead atoms. The molecule has 23 heavy (non-hydrogen) atoms. The van der Waals surface area contributed by atoms with Crippen molar-refractivity contribution in [3.05, 3.63) is 50.6 Å². The zero-order valence-electron chi connectivity index (χ0n) is 12.4. The van der Waals surface area contributed by atoms with Crippen LogP contribution in [0.15, 0.2) is 40.2 Å². The number of urea groups is 1. The Balaban J connectivity index is 1.69. The molecule has 0 aliphatic carbocycles. The maximum atomic E-state index is 11.8. The third-order valence-corrected chi connectivity index (χ3v) is 4.54. The molecule has 3 N–H and O–H groups in total. The van der Waals surface area contributed by atoms with E-state index in [1.807, 2.05) is 24.3 Å². The second-order valence-electron chi connectivity index (χ2n) is 4.54. The molecule has 1 heterocycles. The first-order chi connectivity index (χ1) is 11.1. The van der Waals surface area contributed by atoms with E-state index in [-0.39, 0.29) is 5.91 Å². The molecule has 0 saturated heterocycles. The number of hydrazine groups is 1. The maximum absolute atomic E-state index is 11.8. The van der Waals surface area contributed by atoms with Gasteiger partial charge in [0.1, 0.15) is 5.75 Å². The van der Waals surface area contributed by atoms with E-state index in [9.17, 15) is 9.59 Å². The van der Waals surface area contributed by atoms with Gasteiger partial charge in [0.05, 0.1) is 15.8 Å². The lowest BCUT2D eigenvalue weighted by molar-refractivity contribution is 0.0940. The Labute approximate surface area is 146 Å². The molecule has 3 amide bonds. The third-order valence-electron chi connectivity index (χ3n) is 2.92. The van der Waals surface area contributed by atoms with Crippen LogP contribution in [0.25, 0.3) is 0 Å². The molecule has 1 aromatic heterocycles. The van der Waals surface area contributed by atoms with E-state index >= 15 is 0 Å². The van der Waals surface area contributed by atoms with E-state index in [1.165, 1.54) is 11.3 Å². The first-order valence-electron chi connectivity index (χ1n) is 6.81. The van der Waals surface area contributed by atoms with Crippen LogP contribution in [0.2, 0.25) is 0 Å². The Hall–Kier alpha value is -2.06. The minimum atomic E-state index is -0.461. The molecule has 0 aliphatic rings. The molecular weight excluding hydrogens is 382 g/mol. The van der Waals surface area contributed by atoms with Gasteiger partial charge in [-0.1, -0.05) is 12.1 Å². The van der Waals surface area contributed by atoms with E-state index < -0.39 is 6.03 Å². The quantitative estimate of drug-likeness (QED) is 0.678. The minimum absolute atomic E-state index is 0.358. The Bertz CT molecular complexity index is 690. The molecule has 1 aromatic carbocycles. The van der Waals surface area contributed by atoms with Crippen molar-refractivity contribution >= 4 is 39.2 Å². The van der Waals surface area contributed by atoms with E-state index in [0.717, 1.165) is 15.1 Å². The van der Waals surface area contributed by atoms with E-state index in [1.54, 1.807) is 19.2 Å². The van der Waals surface area contributed by atoms with Crippen molar-refractivity contribution < 1.29 is 14.3 Å². The Morgan fingerprint density at radius 3 is 2.74 bits per heavy atom. The van der Waals surface area contributed by atoms with Crippen LogP contribution < -0.4 is 20.9 Å². The SMILES string of the molecule is COc1cccc(CCNC(=O)NNC(=O)c2ccc(Br)s2)c1. The van der Waals surface area contributed by atoms with Gasteiger partial charge in [0.15, 0.2) is 0 Å². The van der Waals surface area contributed by atoms with Crippen LogP contribution in [0.1, 0.15) is 15.2 Å². The summed E-state index contributed by atoms with van der Waals surface area (Å²) in [6.45, 7) is 0.444. The average molecular weight is 398 g/mol. The largest absolute Gasteiger partial charge is 0.497 e. The number of carbonyl (C=O) groups excluding carboxylic acids is 2. The molecule has 2 aromatic rings. The number of hydrogen-bond acceptors (Lipinski definition) is 4. The van der Waals surface area contributed by atoms with E-state index in [0.29, 0.717) is 17.8 Å². The molecule has 6 nitrogen and oxygen atoms in total. The second kappa shape index (κ2) is 8.54. The smallest absolute Gasteiger partial charge is 0.333 e. The highest BCUT2D eigenvalue weighted by atomic mass is 79.9. The molecule has 122 valence electrons. The van der Waals surface area contributed by atoms with E-state index in [4.69, 9.17) is 4.74 Å². The molecule has 0 saturated carbocycles. The lowest BCUT2D eigenvalue weighted by Crippen LogP contribution is -2.47. The number of amides is 3. The Morgan fingerprint density at radius 1 is 1.22 bits per heavy atom. The number of benzene rings is 1. The first-order valence-corrected chi connectivity index (χ1v) is 8.42. The van der Waals surface area contributed by atoms with Gasteiger partial charge in [-0.25, -0.2) is 10.2 Å². The van der Waals surface area contributed by atoms with Gasteiger partial charge in [0, 0.05) is 6.54 Å². The molecule has 0 fully saturated rings. The van der Waals surface area contributed by atoms with Crippen LogP contribution >= 0.6 is 27.3 Å². The number of methoxy groups -OCH3 is 1. The monoisotopic (exact) mass is 397 g/mol. The van der Waals surface area contributed by atoms with Crippen LogP contribution in [0.3, 0.4) is 0 Å². The standard InChI is InChI=1S/C15H16BrN3O3S/c1-22-11-4-2-3-10(9-11)7-8-17-15(21)19-18-14(20)12-5-6-13(16)23-12/h2-6,9H,7-8H2,1H3,(H,18,20)(H2,17,19,21). The van der Waals surface area contributed by atoms with Crippen molar-refractivity contribution in [1.29, 1.82) is 0 Å². The van der Waals surface area contributed by atoms with Gasteiger partial charge in [-0.2, -0.15) is 0 Å². The fraction of sp³-hybridized carbons (Fsp3) is 0.200. The summed E-state index contributed by atoms with van der Waals surface area (Å²) in [5.41, 5.74) is 5.72. The van der Waals surface area contributed by atoms with Gasteiger partial charge in [0.2, 0.25) is 0 Å². The zero-order chi connectivity index (χ0) is 16.7. The van der Waals surface area contributed by atoms with Crippen molar-refractivity contribution in [3.8, 4) is 5.75 Å². The number of thiophene rings is 1. The van der Waals surface area contributed by atoms with Crippen LogP contribution in [-0.4, -0.2) is 25.6 Å². The molecule has 0 aliphatic heterocycles. The summed E-state index contributed by atoms with van der Waals surface area (Å²) in [6, 6.07) is 10.6. The number of halogens is 1. The highest BCUT2D eigenvalue weighted by Crippen LogP contribution is 2.21. The van der Waals surface area contributed by atoms with Crippen molar-refractivity contribution in [2.45, 2.75) is 6.42 Å². The highest BCUT2D eigenvalue weighted by molar-refractivity contribution is 9.11. The summed E-state index contributed by atoms with van der Waals surface area (Å²) in [5.74, 6) is 0.421. The number of rotatable bonds is 5. The molecule has 8 heteroatoms. The van der Waals surface area contributed by atoms with Gasteiger partial charge < -0.3 is 10.1 Å². The topological polar surface area (TPSA) is 79.5 Å². The predicted molar refractivity (Wildman–Crippen MR) is 92.7 cm³/mol. The first kappa shape index (κ1) is 17.3. The fourth-order valence-corrected chi connectivity index (χ4v) is 3.09. The molecular formula is C15H16BrN3O3S. The minimum Gasteiger partial charge on any atom is -0.497 e. The lowest BCUT2D eigenvalue weighted by Gasteiger charge is -2.09. The van der Waals surface area contributed by atoms with Gasteiger partial charge >= 0.3 is 6.03 Å². The van der Waals surface area contributed by atoms with Crippen LogP contribution in [-0.2, 0) is 6.42 Å². The van der Waals surface area contributed by atoms with Gasteiger partial charge in [-0.15, -0.1) is 11.3 Å². The second-order valence-corrected chi connectivity index (χ2v) is 7.00. The van der Waals surface area contributed by atoms with E-state index in [2.05, 4.69) is 32.1 Å². The zero-order valence-corrected chi connectivity index (χ0v) is 14.8. The fourth-order valence-electron chi connectivity index (χ4n) is 1.80. The maximum Gasteiger partial charge on any atom is 0.333 e. The average Bonchev–Trinajstić information content (AvgIpc) is 2.99. The van der Waals surface area contributed by atoms with Crippen molar-refractivity contribution in [1.82, 2.24) is 16.2 Å². The summed E-state index contributed by atoms with van der Waals surface area (Å²) in [6.07, 6.45) is 0.663. The van der Waals surface area contributed by atoms with Gasteiger partial charge in [0.25, 0.3) is 5.91 Å². The Kier molecular flexibility index (Phi) is 6.42. The van der Waals surface area contributed by atoms with Crippen LogP contribution in [0.4, 0.5) is 4.79 Å². The predicted octanol–water partition coefficient (Wildman–Crippen LogP) is 2.71. The molecule has 0 spiro atoms. The summed E-state index contributed by atoms with van der Waals surface area (Å²) < 4.78 is 5.99. The third kappa shape index (κ3) is 5.57. The molecule has 0 atom stereocenters. The van der Waals surface area contributed by atoms with Gasteiger partial charge in [-0.05, 0) is 52.2 Å². The van der Waals surface area contributed by atoms with Crippen molar-refractivity contribution in [3.63, 3.8) is 0 Å². The Morgan fingerprint density at radius 2 is 2.04 bits per heavy atom. The lowest BCUT2D eigenvalue weighted by atomic mass is 10.1. The number of nitrogens with one attached hydrogen (secondary N) is 3. The number of carbonyl (C=O) groups is 2. The number of hydrogen-bond donors (Lipinski definition) is 3. The summed E-state index contributed by atoms with van der Waals surface area (Å²) in [4.78, 5) is 23.9. The van der Waals surface area contributed by atoms with Crippen molar-refractivity contribution in [2.24, 2.45) is 0 Å². The summed E-state index contributed by atoms with van der Waals surface area (Å²) >= 11 is 4.56. The summed E-state index contributed by atoms with van der Waals surface area (Å²) in [5, 5.41) is 2.67. The van der Waals surface area contributed by atoms with Crippen LogP contribution in [0, 0.1) is 0 Å². The molecule has 0 unspecified atom stereocenters. The molecule has 0 radical (unpaired) electrons. The molecule has 2 rings (SSSR count). The van der Waals surface area contributed by atoms with Crippen molar-refractivity contribution in [2.75, 3.05) is 13.7 Å².